The van der Waals surface area contributed by atoms with Crippen molar-refractivity contribution in [1.29, 1.82) is 0 Å². The van der Waals surface area contributed by atoms with Gasteiger partial charge in [0.2, 0.25) is 0 Å². The number of carbonyl (C=O) groups excluding carboxylic acids is 2. The first kappa shape index (κ1) is 23.7. The van der Waals surface area contributed by atoms with Crippen LogP contribution in [-0.4, -0.2) is 43.4 Å². The molecule has 0 bridgehead atoms. The smallest absolute Gasteiger partial charge is 0.338 e. The van der Waals surface area contributed by atoms with Crippen LogP contribution in [0.4, 0.5) is 0 Å². The molecule has 0 spiro atoms. The van der Waals surface area contributed by atoms with Crippen LogP contribution >= 0.6 is 11.3 Å². The monoisotopic (exact) mass is 456 g/mol. The third kappa shape index (κ3) is 5.63. The van der Waals surface area contributed by atoms with Gasteiger partial charge >= 0.3 is 5.97 Å². The fourth-order valence-electron chi connectivity index (χ4n) is 3.39. The molecule has 0 N–H and O–H groups in total. The van der Waals surface area contributed by atoms with Gasteiger partial charge in [-0.3, -0.25) is 4.79 Å². The molecule has 7 nitrogen and oxygen atoms in total. The molecule has 0 aliphatic heterocycles. The molecule has 32 heavy (non-hydrogen) atoms. The lowest BCUT2D eigenvalue weighted by atomic mass is 10.1. The average Bonchev–Trinajstić information content (AvgIpc) is 3.10. The van der Waals surface area contributed by atoms with E-state index in [1.807, 2.05) is 42.7 Å². The Hall–Kier alpha value is -2.97. The van der Waals surface area contributed by atoms with Gasteiger partial charge in [0.25, 0.3) is 5.91 Å². The van der Waals surface area contributed by atoms with Crippen molar-refractivity contribution in [1.82, 2.24) is 4.57 Å². The summed E-state index contributed by atoms with van der Waals surface area (Å²) in [5.74, 6) is 0.179. The summed E-state index contributed by atoms with van der Waals surface area (Å²) in [6.45, 7) is 7.64. The van der Waals surface area contributed by atoms with Gasteiger partial charge in [-0.2, -0.15) is 4.99 Å². The highest BCUT2D eigenvalue weighted by Crippen LogP contribution is 2.21. The number of methoxy groups -OCH3 is 1. The predicted molar refractivity (Wildman–Crippen MR) is 124 cm³/mol. The second kappa shape index (κ2) is 11.1. The lowest BCUT2D eigenvalue weighted by Crippen LogP contribution is -2.20. The number of aryl methyl sites for hydroxylation is 1. The number of benzene rings is 2. The molecule has 0 unspecified atom stereocenters. The topological polar surface area (TPSA) is 79.1 Å². The maximum absolute atomic E-state index is 12.8. The van der Waals surface area contributed by atoms with Gasteiger partial charge < -0.3 is 18.8 Å². The Balaban J connectivity index is 1.95. The fourth-order valence-corrected chi connectivity index (χ4v) is 4.50. The van der Waals surface area contributed by atoms with E-state index < -0.39 is 0 Å². The van der Waals surface area contributed by atoms with Crippen LogP contribution in [0.1, 0.15) is 35.3 Å². The highest BCUT2D eigenvalue weighted by atomic mass is 32.1. The van der Waals surface area contributed by atoms with Crippen molar-refractivity contribution < 1.29 is 23.8 Å². The van der Waals surface area contributed by atoms with E-state index in [4.69, 9.17) is 14.2 Å². The first-order chi connectivity index (χ1) is 15.5. The minimum absolute atomic E-state index is 0.193. The Bertz CT molecular complexity index is 1180. The first-order valence-corrected chi connectivity index (χ1v) is 11.4. The Morgan fingerprint density at radius 3 is 2.59 bits per heavy atom. The highest BCUT2D eigenvalue weighted by molar-refractivity contribution is 7.16. The summed E-state index contributed by atoms with van der Waals surface area (Å²) >= 11 is 1.37. The number of carbonyl (C=O) groups is 2. The third-order valence-electron chi connectivity index (χ3n) is 4.89. The summed E-state index contributed by atoms with van der Waals surface area (Å²) < 4.78 is 18.7. The zero-order chi connectivity index (χ0) is 23.1. The van der Waals surface area contributed by atoms with Crippen LogP contribution in [0, 0.1) is 6.92 Å². The van der Waals surface area contributed by atoms with E-state index in [1.165, 1.54) is 11.3 Å². The molecule has 0 atom stereocenters. The van der Waals surface area contributed by atoms with Gasteiger partial charge in [-0.05, 0) is 56.2 Å². The van der Waals surface area contributed by atoms with Crippen LogP contribution in [0.3, 0.4) is 0 Å². The maximum Gasteiger partial charge on any atom is 0.338 e. The fraction of sp³-hybridized carbons (Fsp3) is 0.375. The number of fused-ring (bicyclic) bond motifs is 1. The normalized spacial score (nSPS) is 11.7. The summed E-state index contributed by atoms with van der Waals surface area (Å²) in [6, 6.07) is 11.0. The molecule has 1 amide bonds. The summed E-state index contributed by atoms with van der Waals surface area (Å²) in [6.07, 6.45) is 0.193. The van der Waals surface area contributed by atoms with Crippen LogP contribution < -0.4 is 9.54 Å². The SMILES string of the molecule is CCOCCn1c(=NC(=O)Cc2ccc(OC)c(C)c2)sc2cc(C(=O)OCC)ccc21. The quantitative estimate of drug-likeness (QED) is 0.360. The summed E-state index contributed by atoms with van der Waals surface area (Å²) in [7, 11) is 1.62. The summed E-state index contributed by atoms with van der Waals surface area (Å²) in [5.41, 5.74) is 3.22. The average molecular weight is 457 g/mol. The molecule has 3 aromatic rings. The molecule has 0 saturated carbocycles. The summed E-state index contributed by atoms with van der Waals surface area (Å²) in [4.78, 5) is 29.8. The number of hydrogen-bond acceptors (Lipinski definition) is 6. The number of amides is 1. The van der Waals surface area contributed by atoms with Gasteiger partial charge in [0.1, 0.15) is 5.75 Å². The number of nitrogens with zero attached hydrogens (tertiary/aromatic N) is 2. The van der Waals surface area contributed by atoms with Gasteiger partial charge in [-0.25, -0.2) is 4.79 Å². The van der Waals surface area contributed by atoms with E-state index in [-0.39, 0.29) is 18.3 Å². The van der Waals surface area contributed by atoms with E-state index in [2.05, 4.69) is 4.99 Å². The van der Waals surface area contributed by atoms with Gasteiger partial charge in [0, 0.05) is 13.2 Å². The van der Waals surface area contributed by atoms with Gasteiger partial charge in [-0.1, -0.05) is 23.5 Å². The molecule has 170 valence electrons. The standard InChI is InChI=1S/C24H28N2O5S/c1-5-30-12-11-26-19-9-8-18(23(28)31-6-2)15-21(19)32-24(26)25-22(27)14-17-7-10-20(29-4)16(3)13-17/h7-10,13,15H,5-6,11-12,14H2,1-4H3. The van der Waals surface area contributed by atoms with Crippen LogP contribution in [0.15, 0.2) is 41.4 Å². The minimum Gasteiger partial charge on any atom is -0.496 e. The molecule has 0 fully saturated rings. The zero-order valence-corrected chi connectivity index (χ0v) is 19.7. The number of ether oxygens (including phenoxy) is 3. The Kier molecular flexibility index (Phi) is 8.19. The van der Waals surface area contributed by atoms with Crippen LogP contribution in [0.2, 0.25) is 0 Å². The molecule has 0 saturated heterocycles. The zero-order valence-electron chi connectivity index (χ0n) is 18.8. The number of aromatic nitrogens is 1. The molecule has 0 radical (unpaired) electrons. The van der Waals surface area contributed by atoms with Gasteiger partial charge in [0.15, 0.2) is 4.80 Å². The molecule has 1 heterocycles. The molecule has 1 aromatic heterocycles. The molecular weight excluding hydrogens is 428 g/mol. The van der Waals surface area contributed by atoms with Crippen molar-refractivity contribution in [2.75, 3.05) is 26.9 Å². The van der Waals surface area contributed by atoms with Crippen molar-refractivity contribution in [2.24, 2.45) is 4.99 Å². The van der Waals surface area contributed by atoms with Crippen LogP contribution in [-0.2, 0) is 27.2 Å². The Morgan fingerprint density at radius 1 is 1.09 bits per heavy atom. The molecule has 0 aliphatic rings. The maximum atomic E-state index is 12.8. The molecule has 8 heteroatoms. The second-order valence-corrected chi connectivity index (χ2v) is 8.13. The Morgan fingerprint density at radius 2 is 1.91 bits per heavy atom. The molecule has 2 aromatic carbocycles. The van der Waals surface area contributed by atoms with Crippen molar-refractivity contribution in [2.45, 2.75) is 33.7 Å². The minimum atomic E-state index is -0.367. The molecular formula is C24H28N2O5S. The molecule has 0 aliphatic carbocycles. The van der Waals surface area contributed by atoms with Crippen LogP contribution in [0.5, 0.6) is 5.75 Å². The number of thiazole rings is 1. The van der Waals surface area contributed by atoms with Crippen LogP contribution in [0.25, 0.3) is 10.2 Å². The number of esters is 1. The second-order valence-electron chi connectivity index (χ2n) is 7.12. The van der Waals surface area contributed by atoms with E-state index in [9.17, 15) is 9.59 Å². The predicted octanol–water partition coefficient (Wildman–Crippen LogP) is 3.90. The first-order valence-electron chi connectivity index (χ1n) is 10.6. The van der Waals surface area contributed by atoms with E-state index in [0.717, 1.165) is 27.1 Å². The van der Waals surface area contributed by atoms with E-state index >= 15 is 0 Å². The number of hydrogen-bond donors (Lipinski definition) is 0. The van der Waals surface area contributed by atoms with E-state index in [0.29, 0.717) is 36.7 Å². The Labute approximate surface area is 191 Å². The largest absolute Gasteiger partial charge is 0.496 e. The van der Waals surface area contributed by atoms with Crippen molar-refractivity contribution >= 4 is 33.4 Å². The lowest BCUT2D eigenvalue weighted by molar-refractivity contribution is -0.117. The van der Waals surface area contributed by atoms with E-state index in [1.54, 1.807) is 26.2 Å². The van der Waals surface area contributed by atoms with Crippen molar-refractivity contribution in [3.05, 3.63) is 57.9 Å². The molecule has 3 rings (SSSR count). The van der Waals surface area contributed by atoms with Crippen molar-refractivity contribution in [3.63, 3.8) is 0 Å². The lowest BCUT2D eigenvalue weighted by Gasteiger charge is -2.07. The van der Waals surface area contributed by atoms with Gasteiger partial charge in [0.05, 0.1) is 42.5 Å². The van der Waals surface area contributed by atoms with Crippen molar-refractivity contribution in [3.8, 4) is 5.75 Å². The van der Waals surface area contributed by atoms with Gasteiger partial charge in [-0.15, -0.1) is 0 Å². The highest BCUT2D eigenvalue weighted by Gasteiger charge is 2.13. The summed E-state index contributed by atoms with van der Waals surface area (Å²) in [5, 5.41) is 0. The number of rotatable bonds is 9. The third-order valence-corrected chi connectivity index (χ3v) is 5.93.